The number of carbonyl (C=O) groups is 1. The SMILES string of the molecule is CNc1nc(-c2c[nH]c(C(=O)Nc3cccc(F)c3N3CCC(CN)CC3)n2)cc(N2CCC(CN)CC2)n1. The van der Waals surface area contributed by atoms with Gasteiger partial charge in [0.05, 0.1) is 17.1 Å². The molecule has 5 rings (SSSR count). The molecule has 1 aromatic carbocycles. The van der Waals surface area contributed by atoms with Gasteiger partial charge in [0.2, 0.25) is 5.95 Å². The minimum Gasteiger partial charge on any atom is -0.367 e. The smallest absolute Gasteiger partial charge is 0.291 e. The zero-order valence-electron chi connectivity index (χ0n) is 22.3. The lowest BCUT2D eigenvalue weighted by atomic mass is 9.96. The van der Waals surface area contributed by atoms with Crippen LogP contribution in [0.5, 0.6) is 0 Å². The zero-order valence-corrected chi connectivity index (χ0v) is 22.3. The number of nitrogens with zero attached hydrogens (tertiary/aromatic N) is 5. The topological polar surface area (TPSA) is 154 Å². The van der Waals surface area contributed by atoms with Crippen molar-refractivity contribution < 1.29 is 9.18 Å². The number of benzene rings is 1. The number of nitrogens with two attached hydrogens (primary N) is 2. The van der Waals surface area contributed by atoms with Crippen LogP contribution < -0.4 is 31.9 Å². The first-order chi connectivity index (χ1) is 19.0. The number of halogens is 1. The van der Waals surface area contributed by atoms with E-state index in [1.54, 1.807) is 25.4 Å². The number of carbonyl (C=O) groups excluding carboxylic acids is 1. The highest BCUT2D eigenvalue weighted by molar-refractivity contribution is 6.04. The number of hydrogen-bond acceptors (Lipinski definition) is 9. The first-order valence-electron chi connectivity index (χ1n) is 13.6. The van der Waals surface area contributed by atoms with Gasteiger partial charge in [0.1, 0.15) is 17.3 Å². The number of amides is 1. The van der Waals surface area contributed by atoms with E-state index < -0.39 is 5.91 Å². The van der Waals surface area contributed by atoms with Crippen LogP contribution in [0.2, 0.25) is 0 Å². The van der Waals surface area contributed by atoms with E-state index in [4.69, 9.17) is 11.5 Å². The number of aromatic amines is 1. The second kappa shape index (κ2) is 12.0. The van der Waals surface area contributed by atoms with Crippen LogP contribution in [0.15, 0.2) is 30.5 Å². The van der Waals surface area contributed by atoms with E-state index in [1.165, 1.54) is 6.07 Å². The normalized spacial score (nSPS) is 16.9. The van der Waals surface area contributed by atoms with Gasteiger partial charge in [-0.3, -0.25) is 4.79 Å². The van der Waals surface area contributed by atoms with Gasteiger partial charge >= 0.3 is 0 Å². The van der Waals surface area contributed by atoms with Gasteiger partial charge in [-0.05, 0) is 62.7 Å². The minimum absolute atomic E-state index is 0.108. The van der Waals surface area contributed by atoms with Crippen molar-refractivity contribution in [1.29, 1.82) is 0 Å². The molecule has 3 aromatic rings. The van der Waals surface area contributed by atoms with Crippen LogP contribution in [0.25, 0.3) is 11.4 Å². The quantitative estimate of drug-likeness (QED) is 0.292. The summed E-state index contributed by atoms with van der Waals surface area (Å²) in [4.78, 5) is 34.0. The number of imidazole rings is 1. The summed E-state index contributed by atoms with van der Waals surface area (Å²) in [5.41, 5.74) is 13.6. The van der Waals surface area contributed by atoms with E-state index in [2.05, 4.69) is 35.5 Å². The molecule has 2 aliphatic rings. The Bertz CT molecular complexity index is 1280. The van der Waals surface area contributed by atoms with Crippen molar-refractivity contribution in [1.82, 2.24) is 19.9 Å². The highest BCUT2D eigenvalue weighted by Gasteiger charge is 2.25. The number of aromatic nitrogens is 4. The molecule has 39 heavy (non-hydrogen) atoms. The second-order valence-corrected chi connectivity index (χ2v) is 10.2. The van der Waals surface area contributed by atoms with Gasteiger partial charge < -0.3 is 36.9 Å². The number of anilines is 4. The summed E-state index contributed by atoms with van der Waals surface area (Å²) in [6.07, 6.45) is 5.46. The van der Waals surface area contributed by atoms with Crippen LogP contribution in [0.3, 0.4) is 0 Å². The van der Waals surface area contributed by atoms with E-state index in [1.807, 2.05) is 11.0 Å². The van der Waals surface area contributed by atoms with Crippen molar-refractivity contribution in [2.75, 3.05) is 66.7 Å². The molecule has 7 N–H and O–H groups in total. The Morgan fingerprint density at radius 1 is 1.00 bits per heavy atom. The molecular weight excluding hydrogens is 499 g/mol. The molecule has 1 amide bonds. The van der Waals surface area contributed by atoms with Gasteiger partial charge in [0.15, 0.2) is 5.82 Å². The van der Waals surface area contributed by atoms with E-state index in [0.29, 0.717) is 66.7 Å². The first-order valence-corrected chi connectivity index (χ1v) is 13.6. The molecule has 11 nitrogen and oxygen atoms in total. The lowest BCUT2D eigenvalue weighted by molar-refractivity contribution is 0.101. The summed E-state index contributed by atoms with van der Waals surface area (Å²) in [6, 6.07) is 6.60. The van der Waals surface area contributed by atoms with Crippen LogP contribution in [-0.4, -0.2) is 72.2 Å². The molecule has 0 aliphatic carbocycles. The summed E-state index contributed by atoms with van der Waals surface area (Å²) in [6.45, 7) is 4.44. The van der Waals surface area contributed by atoms with Crippen molar-refractivity contribution in [2.45, 2.75) is 25.7 Å². The van der Waals surface area contributed by atoms with Crippen molar-refractivity contribution in [3.8, 4) is 11.4 Å². The average Bonchev–Trinajstić information content (AvgIpc) is 3.48. The van der Waals surface area contributed by atoms with Gasteiger partial charge in [-0.25, -0.2) is 14.4 Å². The maximum absolute atomic E-state index is 14.9. The molecule has 0 bridgehead atoms. The Labute approximate surface area is 227 Å². The molecule has 2 aliphatic heterocycles. The Morgan fingerprint density at radius 2 is 1.67 bits per heavy atom. The fourth-order valence-electron chi connectivity index (χ4n) is 5.32. The number of nitrogens with one attached hydrogen (secondary N) is 3. The van der Waals surface area contributed by atoms with Crippen molar-refractivity contribution >= 4 is 29.0 Å². The number of rotatable bonds is 8. The van der Waals surface area contributed by atoms with Crippen LogP contribution in [0.1, 0.15) is 36.3 Å². The van der Waals surface area contributed by atoms with Gasteiger partial charge in [0.25, 0.3) is 5.91 Å². The van der Waals surface area contributed by atoms with Gasteiger partial charge in [-0.2, -0.15) is 4.98 Å². The lowest BCUT2D eigenvalue weighted by Gasteiger charge is -2.34. The largest absolute Gasteiger partial charge is 0.367 e. The van der Waals surface area contributed by atoms with Crippen LogP contribution in [0, 0.1) is 17.7 Å². The zero-order chi connectivity index (χ0) is 27.4. The standard InChI is InChI=1S/C27H37FN10O/c1-31-27-35-21(13-23(36-27)37-9-5-17(14-29)6-10-37)22-16-32-25(33-22)26(39)34-20-4-2-3-19(28)24(20)38-11-7-18(15-30)8-12-38/h2-4,13,16-18H,5-12,14-15,29-30H2,1H3,(H,32,33)(H,34,39)(H,31,35,36). The number of piperidine rings is 2. The van der Waals surface area contributed by atoms with Crippen molar-refractivity contribution in [3.63, 3.8) is 0 Å². The molecule has 2 saturated heterocycles. The van der Waals surface area contributed by atoms with E-state index >= 15 is 0 Å². The molecule has 4 heterocycles. The maximum Gasteiger partial charge on any atom is 0.291 e. The number of hydrogen-bond donors (Lipinski definition) is 5. The predicted molar refractivity (Wildman–Crippen MR) is 151 cm³/mol. The van der Waals surface area contributed by atoms with E-state index in [0.717, 1.165) is 44.6 Å². The highest BCUT2D eigenvalue weighted by atomic mass is 19.1. The summed E-state index contributed by atoms with van der Waals surface area (Å²) in [7, 11) is 1.77. The molecular formula is C27H37FN10O. The molecule has 2 fully saturated rings. The fraction of sp³-hybridized carbons (Fsp3) is 0.481. The third-order valence-electron chi connectivity index (χ3n) is 7.76. The molecule has 0 unspecified atom stereocenters. The summed E-state index contributed by atoms with van der Waals surface area (Å²) >= 11 is 0. The van der Waals surface area contributed by atoms with Crippen LogP contribution in [-0.2, 0) is 0 Å². The maximum atomic E-state index is 14.9. The van der Waals surface area contributed by atoms with E-state index in [-0.39, 0.29) is 11.6 Å². The number of H-pyrrole nitrogens is 1. The van der Waals surface area contributed by atoms with Crippen LogP contribution >= 0.6 is 0 Å². The Morgan fingerprint density at radius 3 is 2.31 bits per heavy atom. The van der Waals surface area contributed by atoms with Crippen LogP contribution in [0.4, 0.5) is 27.5 Å². The first kappa shape index (κ1) is 26.8. The predicted octanol–water partition coefficient (Wildman–Crippen LogP) is 2.65. The Kier molecular flexibility index (Phi) is 8.22. The molecule has 0 saturated carbocycles. The van der Waals surface area contributed by atoms with E-state index in [9.17, 15) is 9.18 Å². The fourth-order valence-corrected chi connectivity index (χ4v) is 5.32. The third-order valence-corrected chi connectivity index (χ3v) is 7.76. The van der Waals surface area contributed by atoms with Crippen molar-refractivity contribution in [2.24, 2.45) is 23.3 Å². The van der Waals surface area contributed by atoms with Gasteiger partial charge in [-0.15, -0.1) is 0 Å². The Balaban J connectivity index is 1.34. The molecule has 208 valence electrons. The lowest BCUT2D eigenvalue weighted by Crippen LogP contribution is -2.37. The third kappa shape index (κ3) is 5.96. The molecule has 0 spiro atoms. The minimum atomic E-state index is -0.461. The molecule has 12 heteroatoms. The highest BCUT2D eigenvalue weighted by Crippen LogP contribution is 2.33. The van der Waals surface area contributed by atoms with Gasteiger partial charge in [-0.1, -0.05) is 6.07 Å². The molecule has 2 aromatic heterocycles. The number of para-hydroxylation sites is 1. The second-order valence-electron chi connectivity index (χ2n) is 10.2. The van der Waals surface area contributed by atoms with Gasteiger partial charge in [0, 0.05) is 45.5 Å². The molecule has 0 radical (unpaired) electrons. The monoisotopic (exact) mass is 536 g/mol. The molecule has 0 atom stereocenters. The summed E-state index contributed by atoms with van der Waals surface area (Å²) in [5, 5.41) is 5.86. The van der Waals surface area contributed by atoms with Crippen molar-refractivity contribution in [3.05, 3.63) is 42.1 Å². The average molecular weight is 537 g/mol. The Hall–Kier alpha value is -3.77. The summed E-state index contributed by atoms with van der Waals surface area (Å²) in [5.74, 6) is 1.53. The summed E-state index contributed by atoms with van der Waals surface area (Å²) < 4.78 is 14.9.